The Morgan fingerprint density at radius 2 is 1.72 bits per heavy atom. The number of hydrogen-bond acceptors (Lipinski definition) is 1. The van der Waals surface area contributed by atoms with Gasteiger partial charge >= 0.3 is 0 Å². The molecule has 1 heteroatoms. The molecule has 1 N–H and O–H groups in total. The summed E-state index contributed by atoms with van der Waals surface area (Å²) in [6.07, 6.45) is 11.6. The molecule has 1 nitrogen and oxygen atoms in total. The first kappa shape index (κ1) is 16.7. The fraction of sp³-hybridized carbons (Fsp3) is 0.125. The Kier molecular flexibility index (Phi) is 4.30. The first-order chi connectivity index (χ1) is 11.9. The van der Waals surface area contributed by atoms with Crippen LogP contribution in [0.5, 0.6) is 0 Å². The Morgan fingerprint density at radius 1 is 1.04 bits per heavy atom. The molecule has 0 atom stereocenters. The monoisotopic (exact) mass is 323 g/mol. The highest BCUT2D eigenvalue weighted by Crippen LogP contribution is 2.39. The van der Waals surface area contributed by atoms with Gasteiger partial charge in [-0.2, -0.15) is 0 Å². The molecular formula is C24H21N. The number of benzene rings is 1. The van der Waals surface area contributed by atoms with E-state index in [4.69, 9.17) is 11.8 Å². The van der Waals surface area contributed by atoms with Crippen LogP contribution in [0.4, 0.5) is 0 Å². The lowest BCUT2D eigenvalue weighted by molar-refractivity contribution is 1.27. The molecule has 0 saturated carbocycles. The van der Waals surface area contributed by atoms with Gasteiger partial charge in [0.15, 0.2) is 0 Å². The van der Waals surface area contributed by atoms with Crippen LogP contribution in [0.1, 0.15) is 36.0 Å². The fourth-order valence-corrected chi connectivity index (χ4v) is 3.38. The van der Waals surface area contributed by atoms with Crippen molar-refractivity contribution in [1.29, 1.82) is 5.41 Å². The third-order valence-electron chi connectivity index (χ3n) is 4.74. The van der Waals surface area contributed by atoms with Gasteiger partial charge in [0.1, 0.15) is 0 Å². The van der Waals surface area contributed by atoms with Crippen molar-refractivity contribution in [3.05, 3.63) is 95.6 Å². The van der Waals surface area contributed by atoms with Crippen LogP contribution in [0.25, 0.3) is 11.1 Å². The molecule has 2 aliphatic rings. The molecule has 0 aromatic heterocycles. The maximum atomic E-state index is 8.37. The van der Waals surface area contributed by atoms with Crippen LogP contribution in [0.2, 0.25) is 0 Å². The molecule has 122 valence electrons. The Balaban J connectivity index is 1.77. The molecule has 0 bridgehead atoms. The maximum Gasteiger partial charge on any atom is 0.0424 e. The van der Waals surface area contributed by atoms with Crippen LogP contribution in [0.15, 0.2) is 79.0 Å². The van der Waals surface area contributed by atoms with E-state index in [2.05, 4.69) is 38.3 Å². The third-order valence-corrected chi connectivity index (χ3v) is 4.74. The highest BCUT2D eigenvalue weighted by atomic mass is 14.4. The van der Waals surface area contributed by atoms with Gasteiger partial charge in [0.05, 0.1) is 0 Å². The van der Waals surface area contributed by atoms with E-state index in [1.807, 2.05) is 24.3 Å². The predicted molar refractivity (Wildman–Crippen MR) is 108 cm³/mol. The van der Waals surface area contributed by atoms with Gasteiger partial charge in [0.2, 0.25) is 0 Å². The van der Waals surface area contributed by atoms with Crippen LogP contribution in [-0.4, -0.2) is 5.71 Å². The second-order valence-corrected chi connectivity index (χ2v) is 6.55. The average Bonchev–Trinajstić information content (AvgIpc) is 3.02. The van der Waals surface area contributed by atoms with Crippen molar-refractivity contribution in [3.63, 3.8) is 0 Å². The van der Waals surface area contributed by atoms with E-state index in [1.54, 1.807) is 0 Å². The first-order valence-corrected chi connectivity index (χ1v) is 8.24. The van der Waals surface area contributed by atoms with Crippen LogP contribution in [0.3, 0.4) is 0 Å². The summed E-state index contributed by atoms with van der Waals surface area (Å²) >= 11 is 0. The van der Waals surface area contributed by atoms with Crippen molar-refractivity contribution in [1.82, 2.24) is 0 Å². The van der Waals surface area contributed by atoms with Crippen molar-refractivity contribution in [2.45, 2.75) is 19.3 Å². The highest BCUT2D eigenvalue weighted by Gasteiger charge is 2.19. The lowest BCUT2D eigenvalue weighted by atomic mass is 9.99. The molecule has 1 aromatic rings. The van der Waals surface area contributed by atoms with Gasteiger partial charge in [-0.3, -0.25) is 0 Å². The average molecular weight is 323 g/mol. The SMILES string of the molecule is C#CC1=C(/C=C\CC(=N)c2ccc3c(c2)C(=C)CC3=C)C(=C)CC1=C. The zero-order valence-electron chi connectivity index (χ0n) is 14.4. The number of rotatable bonds is 4. The van der Waals surface area contributed by atoms with Gasteiger partial charge in [-0.1, -0.05) is 56.5 Å². The molecule has 0 aliphatic heterocycles. The molecule has 25 heavy (non-hydrogen) atoms. The maximum absolute atomic E-state index is 8.37. The third kappa shape index (κ3) is 2.99. The molecule has 0 radical (unpaired) electrons. The van der Waals surface area contributed by atoms with Crippen LogP contribution < -0.4 is 0 Å². The zero-order valence-corrected chi connectivity index (χ0v) is 14.4. The van der Waals surface area contributed by atoms with Crippen LogP contribution in [0, 0.1) is 17.8 Å². The standard InChI is InChI=1S/C24H21N/c1-6-20-15(2)12-16(3)21(20)8-7-9-24(25)19-10-11-22-17(4)13-18(5)23(22)14-19/h1,7-8,10-11,14,25H,2-5,9,12-13H2/b8-7-,25-24?. The van der Waals surface area contributed by atoms with Crippen molar-refractivity contribution >= 4 is 16.9 Å². The minimum atomic E-state index is 0.535. The minimum absolute atomic E-state index is 0.535. The normalized spacial score (nSPS) is 16.8. The van der Waals surface area contributed by atoms with E-state index in [-0.39, 0.29) is 0 Å². The Labute approximate surface area is 150 Å². The Morgan fingerprint density at radius 3 is 2.44 bits per heavy atom. The second-order valence-electron chi connectivity index (χ2n) is 6.55. The van der Waals surface area contributed by atoms with Crippen LogP contribution in [-0.2, 0) is 0 Å². The molecule has 0 heterocycles. The molecular weight excluding hydrogens is 302 g/mol. The molecule has 1 aromatic carbocycles. The quantitative estimate of drug-likeness (QED) is 0.529. The lowest BCUT2D eigenvalue weighted by Crippen LogP contribution is -1.98. The van der Waals surface area contributed by atoms with E-state index >= 15 is 0 Å². The summed E-state index contributed by atoms with van der Waals surface area (Å²) in [4.78, 5) is 0. The Bertz CT molecular complexity index is 954. The van der Waals surface area contributed by atoms with Gasteiger partial charge in [0, 0.05) is 17.7 Å². The van der Waals surface area contributed by atoms with E-state index in [0.29, 0.717) is 12.1 Å². The van der Waals surface area contributed by atoms with E-state index in [9.17, 15) is 0 Å². The van der Waals surface area contributed by atoms with Gasteiger partial charge < -0.3 is 5.41 Å². The molecule has 0 saturated heterocycles. The van der Waals surface area contributed by atoms with Crippen molar-refractivity contribution in [2.75, 3.05) is 0 Å². The number of nitrogens with one attached hydrogen (secondary N) is 1. The van der Waals surface area contributed by atoms with E-state index < -0.39 is 0 Å². The molecule has 2 aliphatic carbocycles. The summed E-state index contributed by atoms with van der Waals surface area (Å²) in [5, 5.41) is 8.37. The minimum Gasteiger partial charge on any atom is -0.304 e. The number of terminal acetylenes is 1. The topological polar surface area (TPSA) is 23.9 Å². The molecule has 0 unspecified atom stereocenters. The largest absolute Gasteiger partial charge is 0.304 e. The summed E-state index contributed by atoms with van der Waals surface area (Å²) in [5.74, 6) is 2.70. The summed E-state index contributed by atoms with van der Waals surface area (Å²) in [5.41, 5.74) is 9.68. The summed E-state index contributed by atoms with van der Waals surface area (Å²) in [6, 6.07) is 6.08. The summed E-state index contributed by atoms with van der Waals surface area (Å²) in [7, 11) is 0. The van der Waals surface area contributed by atoms with Gasteiger partial charge in [-0.25, -0.2) is 0 Å². The van der Waals surface area contributed by atoms with Gasteiger partial charge in [-0.05, 0) is 63.5 Å². The number of allylic oxidation sites excluding steroid dienone is 8. The smallest absolute Gasteiger partial charge is 0.0424 e. The van der Waals surface area contributed by atoms with E-state index in [0.717, 1.165) is 63.0 Å². The molecule has 0 spiro atoms. The van der Waals surface area contributed by atoms with Gasteiger partial charge in [-0.15, -0.1) is 6.42 Å². The highest BCUT2D eigenvalue weighted by molar-refractivity contribution is 6.01. The Hall–Kier alpha value is -3.11. The molecule has 0 fully saturated rings. The number of hydrogen-bond donors (Lipinski definition) is 1. The molecule has 0 amide bonds. The molecule has 3 rings (SSSR count). The van der Waals surface area contributed by atoms with Crippen molar-refractivity contribution in [3.8, 4) is 12.3 Å². The first-order valence-electron chi connectivity index (χ1n) is 8.24. The number of fused-ring (bicyclic) bond motifs is 1. The van der Waals surface area contributed by atoms with Crippen molar-refractivity contribution < 1.29 is 0 Å². The fourth-order valence-electron chi connectivity index (χ4n) is 3.38. The van der Waals surface area contributed by atoms with Crippen LogP contribution >= 0.6 is 0 Å². The predicted octanol–water partition coefficient (Wildman–Crippen LogP) is 5.88. The summed E-state index contributed by atoms with van der Waals surface area (Å²) < 4.78 is 0. The van der Waals surface area contributed by atoms with Crippen molar-refractivity contribution in [2.24, 2.45) is 0 Å². The van der Waals surface area contributed by atoms with E-state index in [1.165, 1.54) is 0 Å². The lowest BCUT2D eigenvalue weighted by Gasteiger charge is -2.06. The van der Waals surface area contributed by atoms with Gasteiger partial charge in [0.25, 0.3) is 0 Å². The summed E-state index contributed by atoms with van der Waals surface area (Å²) in [6.45, 7) is 16.2. The zero-order chi connectivity index (χ0) is 18.1. The second kappa shape index (κ2) is 6.42.